The van der Waals surface area contributed by atoms with Crippen molar-refractivity contribution in [2.24, 2.45) is 5.92 Å². The van der Waals surface area contributed by atoms with E-state index in [1.54, 1.807) is 11.8 Å². The van der Waals surface area contributed by atoms with E-state index >= 15 is 0 Å². The Balaban J connectivity index is 2.68. The van der Waals surface area contributed by atoms with E-state index in [2.05, 4.69) is 12.2 Å². The molecular weight excluding hydrogens is 232 g/mol. The summed E-state index contributed by atoms with van der Waals surface area (Å²) in [6.07, 6.45) is 2.15. The molecule has 0 radical (unpaired) electrons. The van der Waals surface area contributed by atoms with Crippen molar-refractivity contribution in [2.45, 2.75) is 52.1 Å². The summed E-state index contributed by atoms with van der Waals surface area (Å²) in [6.45, 7) is 7.18. The number of nitrogens with one attached hydrogen (secondary N) is 1. The molecule has 0 aromatic carbocycles. The number of amides is 1. The Labute approximate surface area is 109 Å². The fourth-order valence-corrected chi connectivity index (χ4v) is 2.61. The van der Waals surface area contributed by atoms with Gasteiger partial charge in [-0.1, -0.05) is 6.92 Å². The Morgan fingerprint density at radius 2 is 2.17 bits per heavy atom. The number of carbonyl (C=O) groups is 2. The lowest BCUT2D eigenvalue weighted by atomic mass is 9.91. The molecule has 2 N–H and O–H groups in total. The van der Waals surface area contributed by atoms with Crippen LogP contribution in [0, 0.1) is 5.92 Å². The quantitative estimate of drug-likeness (QED) is 0.772. The molecule has 0 aromatic heterocycles. The molecule has 3 unspecified atom stereocenters. The molecule has 1 aliphatic heterocycles. The molecule has 5 heteroatoms. The molecule has 1 heterocycles. The summed E-state index contributed by atoms with van der Waals surface area (Å²) >= 11 is 0. The maximum Gasteiger partial charge on any atom is 0.305 e. The van der Waals surface area contributed by atoms with Gasteiger partial charge in [-0.3, -0.25) is 9.59 Å². The van der Waals surface area contributed by atoms with Gasteiger partial charge in [0.2, 0.25) is 5.91 Å². The second kappa shape index (κ2) is 6.73. The first-order valence-electron chi connectivity index (χ1n) is 6.73. The van der Waals surface area contributed by atoms with Gasteiger partial charge in [-0.05, 0) is 39.2 Å². The van der Waals surface area contributed by atoms with E-state index in [1.165, 1.54) is 0 Å². The van der Waals surface area contributed by atoms with Gasteiger partial charge in [0.15, 0.2) is 0 Å². The molecule has 1 aliphatic rings. The molecule has 0 bridgehead atoms. The van der Waals surface area contributed by atoms with Crippen molar-refractivity contribution < 1.29 is 14.7 Å². The van der Waals surface area contributed by atoms with Crippen LogP contribution in [0.25, 0.3) is 0 Å². The van der Waals surface area contributed by atoms with Crippen LogP contribution >= 0.6 is 0 Å². The number of aliphatic carboxylic acids is 1. The Hall–Kier alpha value is -1.10. The maximum atomic E-state index is 12.4. The normalized spacial score (nSPS) is 25.5. The van der Waals surface area contributed by atoms with Gasteiger partial charge in [0.05, 0.1) is 12.5 Å². The molecule has 5 nitrogen and oxygen atoms in total. The molecular formula is C13H24N2O3. The predicted molar refractivity (Wildman–Crippen MR) is 69.3 cm³/mol. The number of nitrogens with zero attached hydrogens (tertiary/aromatic N) is 1. The Morgan fingerprint density at radius 1 is 1.50 bits per heavy atom. The summed E-state index contributed by atoms with van der Waals surface area (Å²) in [4.78, 5) is 24.8. The van der Waals surface area contributed by atoms with Crippen molar-refractivity contribution in [3.8, 4) is 0 Å². The van der Waals surface area contributed by atoms with E-state index in [-0.39, 0.29) is 24.4 Å². The van der Waals surface area contributed by atoms with Crippen LogP contribution in [0.5, 0.6) is 0 Å². The van der Waals surface area contributed by atoms with Crippen LogP contribution in [0.1, 0.15) is 40.0 Å². The third kappa shape index (κ3) is 3.70. The smallest absolute Gasteiger partial charge is 0.305 e. The van der Waals surface area contributed by atoms with Gasteiger partial charge in [0, 0.05) is 12.6 Å². The van der Waals surface area contributed by atoms with Gasteiger partial charge in [0.1, 0.15) is 0 Å². The van der Waals surface area contributed by atoms with E-state index in [0.29, 0.717) is 12.5 Å². The number of carbonyl (C=O) groups excluding carboxylic acids is 1. The van der Waals surface area contributed by atoms with E-state index in [4.69, 9.17) is 5.11 Å². The molecule has 1 fully saturated rings. The highest BCUT2D eigenvalue weighted by molar-refractivity contribution is 5.83. The fourth-order valence-electron chi connectivity index (χ4n) is 2.61. The third-order valence-electron chi connectivity index (χ3n) is 3.66. The van der Waals surface area contributed by atoms with Crippen molar-refractivity contribution >= 4 is 11.9 Å². The van der Waals surface area contributed by atoms with Crippen LogP contribution in [-0.2, 0) is 9.59 Å². The zero-order chi connectivity index (χ0) is 13.7. The van der Waals surface area contributed by atoms with Gasteiger partial charge in [-0.25, -0.2) is 0 Å². The highest BCUT2D eigenvalue weighted by Crippen LogP contribution is 2.19. The van der Waals surface area contributed by atoms with Gasteiger partial charge in [-0.2, -0.15) is 0 Å². The first kappa shape index (κ1) is 15.0. The number of likely N-dealkylation sites (N-methyl/N-ethyl adjacent to an activating group) is 1. The Bertz CT molecular complexity index is 307. The molecule has 1 rings (SSSR count). The monoisotopic (exact) mass is 256 g/mol. The first-order chi connectivity index (χ1) is 8.47. The zero-order valence-electron chi connectivity index (χ0n) is 11.5. The molecule has 0 aromatic rings. The summed E-state index contributed by atoms with van der Waals surface area (Å²) in [5.74, 6) is -0.505. The predicted octanol–water partition coefficient (Wildman–Crippen LogP) is 1.09. The van der Waals surface area contributed by atoms with Crippen LogP contribution in [0.3, 0.4) is 0 Å². The van der Waals surface area contributed by atoms with Crippen molar-refractivity contribution in [3.05, 3.63) is 0 Å². The number of carboxylic acids is 1. The van der Waals surface area contributed by atoms with Gasteiger partial charge >= 0.3 is 5.97 Å². The van der Waals surface area contributed by atoms with Crippen molar-refractivity contribution in [3.63, 3.8) is 0 Å². The minimum atomic E-state index is -0.863. The average Bonchev–Trinajstić information content (AvgIpc) is 2.29. The van der Waals surface area contributed by atoms with Crippen molar-refractivity contribution in [1.82, 2.24) is 10.2 Å². The molecule has 18 heavy (non-hydrogen) atoms. The topological polar surface area (TPSA) is 69.6 Å². The fraction of sp³-hybridized carbons (Fsp3) is 0.846. The van der Waals surface area contributed by atoms with Crippen molar-refractivity contribution in [2.75, 3.05) is 13.1 Å². The standard InChI is InChI=1S/C13H24N2O3/c1-4-15(10(3)8-11(16)17)13(18)12-9(2)6-5-7-14-12/h9-10,12,14H,4-8H2,1-3H3,(H,16,17). The first-order valence-corrected chi connectivity index (χ1v) is 6.73. The van der Waals surface area contributed by atoms with Gasteiger partial charge < -0.3 is 15.3 Å². The van der Waals surface area contributed by atoms with Crippen LogP contribution in [0.2, 0.25) is 0 Å². The van der Waals surface area contributed by atoms with E-state index in [9.17, 15) is 9.59 Å². The second-order valence-electron chi connectivity index (χ2n) is 5.12. The molecule has 0 aliphatic carbocycles. The molecule has 104 valence electrons. The minimum absolute atomic E-state index is 0.000676. The van der Waals surface area contributed by atoms with E-state index in [1.807, 2.05) is 6.92 Å². The maximum absolute atomic E-state index is 12.4. The van der Waals surface area contributed by atoms with E-state index < -0.39 is 5.97 Å². The molecule has 0 spiro atoms. The number of hydrogen-bond donors (Lipinski definition) is 2. The van der Waals surface area contributed by atoms with Crippen molar-refractivity contribution in [1.29, 1.82) is 0 Å². The molecule has 1 amide bonds. The van der Waals surface area contributed by atoms with Gasteiger partial charge in [0.25, 0.3) is 0 Å². The minimum Gasteiger partial charge on any atom is -0.481 e. The molecule has 3 atom stereocenters. The third-order valence-corrected chi connectivity index (χ3v) is 3.66. The largest absolute Gasteiger partial charge is 0.481 e. The highest BCUT2D eigenvalue weighted by atomic mass is 16.4. The highest BCUT2D eigenvalue weighted by Gasteiger charge is 2.32. The number of hydrogen-bond acceptors (Lipinski definition) is 3. The zero-order valence-corrected chi connectivity index (χ0v) is 11.5. The molecule has 0 saturated carbocycles. The van der Waals surface area contributed by atoms with Crippen LogP contribution < -0.4 is 5.32 Å². The lowest BCUT2D eigenvalue weighted by Crippen LogP contribution is -2.54. The van der Waals surface area contributed by atoms with Crippen LogP contribution in [-0.4, -0.2) is 47.1 Å². The lowest BCUT2D eigenvalue weighted by Gasteiger charge is -2.36. The number of rotatable bonds is 5. The summed E-state index contributed by atoms with van der Waals surface area (Å²) in [7, 11) is 0. The summed E-state index contributed by atoms with van der Waals surface area (Å²) in [5, 5.41) is 12.1. The summed E-state index contributed by atoms with van der Waals surface area (Å²) in [5.41, 5.74) is 0. The van der Waals surface area contributed by atoms with Crippen LogP contribution in [0.4, 0.5) is 0 Å². The number of carboxylic acid groups (broad SMARTS) is 1. The second-order valence-corrected chi connectivity index (χ2v) is 5.12. The van der Waals surface area contributed by atoms with Crippen LogP contribution in [0.15, 0.2) is 0 Å². The number of piperidine rings is 1. The Morgan fingerprint density at radius 3 is 2.67 bits per heavy atom. The summed E-state index contributed by atoms with van der Waals surface area (Å²) < 4.78 is 0. The summed E-state index contributed by atoms with van der Waals surface area (Å²) in [6, 6.07) is -0.411. The van der Waals surface area contributed by atoms with E-state index in [0.717, 1.165) is 19.4 Å². The lowest BCUT2D eigenvalue weighted by molar-refractivity contribution is -0.142. The SMILES string of the molecule is CCN(C(=O)C1NCCCC1C)C(C)CC(=O)O. The van der Waals surface area contributed by atoms with Gasteiger partial charge in [-0.15, -0.1) is 0 Å². The average molecular weight is 256 g/mol. The Kier molecular flexibility index (Phi) is 5.59. The molecule has 1 saturated heterocycles.